The number of anilines is 1. The molecule has 0 atom stereocenters. The third kappa shape index (κ3) is 2.69. The van der Waals surface area contributed by atoms with Gasteiger partial charge in [0.05, 0.1) is 22.3 Å². The summed E-state index contributed by atoms with van der Waals surface area (Å²) in [5.41, 5.74) is 2.59. The van der Waals surface area contributed by atoms with Gasteiger partial charge in [-0.25, -0.2) is 4.98 Å². The van der Waals surface area contributed by atoms with Crippen LogP contribution in [0.2, 0.25) is 10.0 Å². The van der Waals surface area contributed by atoms with Crippen molar-refractivity contribution in [2.24, 2.45) is 0 Å². The average molecular weight is 346 g/mol. The molecule has 4 rings (SSSR count). The third-order valence-electron chi connectivity index (χ3n) is 3.88. The van der Waals surface area contributed by atoms with Crippen LogP contribution in [0.4, 0.5) is 5.69 Å². The van der Waals surface area contributed by atoms with Crippen LogP contribution in [0.5, 0.6) is 0 Å². The third-order valence-corrected chi connectivity index (χ3v) is 4.69. The van der Waals surface area contributed by atoms with E-state index in [-0.39, 0.29) is 0 Å². The Balaban J connectivity index is 1.65. The molecule has 0 aliphatic carbocycles. The number of pyridine rings is 1. The minimum Gasteiger partial charge on any atom is -0.439 e. The zero-order chi connectivity index (χ0) is 15.8. The molecule has 2 aromatic heterocycles. The molecule has 4 nitrogen and oxygen atoms in total. The molecule has 23 heavy (non-hydrogen) atoms. The lowest BCUT2D eigenvalue weighted by Gasteiger charge is -2.28. The summed E-state index contributed by atoms with van der Waals surface area (Å²) in [5.74, 6) is 1.48. The van der Waals surface area contributed by atoms with Crippen molar-refractivity contribution in [2.45, 2.75) is 13.0 Å². The molecule has 1 aromatic carbocycles. The number of rotatable bonds is 2. The highest BCUT2D eigenvalue weighted by Crippen LogP contribution is 2.35. The average Bonchev–Trinajstić information content (AvgIpc) is 3.01. The molecule has 3 heterocycles. The second-order valence-electron chi connectivity index (χ2n) is 5.35. The van der Waals surface area contributed by atoms with Crippen molar-refractivity contribution in [3.8, 4) is 11.6 Å². The van der Waals surface area contributed by atoms with E-state index in [2.05, 4.69) is 14.9 Å². The quantitative estimate of drug-likeness (QED) is 0.680. The van der Waals surface area contributed by atoms with Crippen molar-refractivity contribution in [1.82, 2.24) is 9.97 Å². The molecule has 0 bridgehead atoms. The Hall–Kier alpha value is -2.04. The van der Waals surface area contributed by atoms with Crippen LogP contribution in [0.1, 0.15) is 11.5 Å². The van der Waals surface area contributed by atoms with Crippen LogP contribution in [0.25, 0.3) is 11.6 Å². The van der Waals surface area contributed by atoms with Gasteiger partial charge in [-0.3, -0.25) is 4.98 Å². The Morgan fingerprint density at radius 1 is 1.09 bits per heavy atom. The number of hydrogen-bond donors (Lipinski definition) is 0. The first-order chi connectivity index (χ1) is 11.2. The number of nitrogens with zero attached hydrogens (tertiary/aromatic N) is 3. The van der Waals surface area contributed by atoms with Crippen LogP contribution >= 0.6 is 23.2 Å². The van der Waals surface area contributed by atoms with Gasteiger partial charge in [-0.05, 0) is 24.3 Å². The summed E-state index contributed by atoms with van der Waals surface area (Å²) < 4.78 is 5.87. The zero-order valence-electron chi connectivity index (χ0n) is 12.2. The lowest BCUT2D eigenvalue weighted by Crippen LogP contribution is -2.30. The van der Waals surface area contributed by atoms with Gasteiger partial charge in [-0.1, -0.05) is 35.3 Å². The first-order valence-corrected chi connectivity index (χ1v) is 8.07. The second-order valence-corrected chi connectivity index (χ2v) is 6.13. The largest absolute Gasteiger partial charge is 0.439 e. The van der Waals surface area contributed by atoms with Gasteiger partial charge < -0.3 is 9.32 Å². The van der Waals surface area contributed by atoms with E-state index in [4.69, 9.17) is 27.6 Å². The maximum atomic E-state index is 6.33. The van der Waals surface area contributed by atoms with Crippen LogP contribution in [-0.2, 0) is 13.0 Å². The number of hydrogen-bond acceptors (Lipinski definition) is 4. The van der Waals surface area contributed by atoms with Crippen LogP contribution in [0, 0.1) is 0 Å². The number of oxazole rings is 1. The number of fused-ring (bicyclic) bond motifs is 1. The summed E-state index contributed by atoms with van der Waals surface area (Å²) in [7, 11) is 0. The molecule has 0 saturated heterocycles. The molecule has 6 heteroatoms. The topological polar surface area (TPSA) is 42.2 Å². The van der Waals surface area contributed by atoms with Crippen molar-refractivity contribution in [2.75, 3.05) is 11.4 Å². The van der Waals surface area contributed by atoms with Crippen molar-refractivity contribution >= 4 is 28.9 Å². The van der Waals surface area contributed by atoms with Gasteiger partial charge in [0, 0.05) is 19.2 Å². The van der Waals surface area contributed by atoms with E-state index in [1.807, 2.05) is 30.3 Å². The van der Waals surface area contributed by atoms with Gasteiger partial charge >= 0.3 is 0 Å². The molecule has 0 spiro atoms. The van der Waals surface area contributed by atoms with E-state index in [9.17, 15) is 0 Å². The van der Waals surface area contributed by atoms with E-state index in [1.54, 1.807) is 12.3 Å². The highest BCUT2D eigenvalue weighted by Gasteiger charge is 2.24. The molecule has 0 unspecified atom stereocenters. The van der Waals surface area contributed by atoms with Gasteiger partial charge in [0.15, 0.2) is 0 Å². The molecular formula is C17H13Cl2N3O. The fourth-order valence-electron chi connectivity index (χ4n) is 2.74. The molecule has 3 aromatic rings. The summed E-state index contributed by atoms with van der Waals surface area (Å²) in [6.45, 7) is 1.45. The Labute approximate surface area is 143 Å². The lowest BCUT2D eigenvalue weighted by atomic mass is 10.1. The molecule has 0 radical (unpaired) electrons. The molecule has 0 N–H and O–H groups in total. The van der Waals surface area contributed by atoms with E-state index in [0.717, 1.165) is 35.8 Å². The van der Waals surface area contributed by atoms with E-state index in [1.165, 1.54) is 0 Å². The lowest BCUT2D eigenvalue weighted by molar-refractivity contribution is 0.498. The fourth-order valence-corrected chi connectivity index (χ4v) is 3.15. The molecule has 116 valence electrons. The first-order valence-electron chi connectivity index (χ1n) is 7.31. The summed E-state index contributed by atoms with van der Waals surface area (Å²) in [4.78, 5) is 11.1. The maximum absolute atomic E-state index is 6.33. The van der Waals surface area contributed by atoms with Gasteiger partial charge in [0.25, 0.3) is 0 Å². The Morgan fingerprint density at radius 3 is 2.83 bits per heavy atom. The Kier molecular flexibility index (Phi) is 3.71. The van der Waals surface area contributed by atoms with Gasteiger partial charge in [0.2, 0.25) is 5.89 Å². The zero-order valence-corrected chi connectivity index (χ0v) is 13.7. The second kappa shape index (κ2) is 5.87. The van der Waals surface area contributed by atoms with Crippen molar-refractivity contribution in [1.29, 1.82) is 0 Å². The van der Waals surface area contributed by atoms with Crippen LogP contribution in [0.15, 0.2) is 47.0 Å². The number of halogens is 2. The summed E-state index contributed by atoms with van der Waals surface area (Å²) in [5, 5.41) is 1.13. The minimum absolute atomic E-state index is 0.560. The Morgan fingerprint density at radius 2 is 2.00 bits per heavy atom. The first kappa shape index (κ1) is 14.5. The minimum atomic E-state index is 0.560. The molecule has 0 saturated carbocycles. The monoisotopic (exact) mass is 345 g/mol. The molecule has 0 amide bonds. The molecule has 1 aliphatic heterocycles. The highest BCUT2D eigenvalue weighted by molar-refractivity contribution is 6.43. The molecule has 1 aliphatic rings. The molecular weight excluding hydrogens is 333 g/mol. The van der Waals surface area contributed by atoms with Crippen molar-refractivity contribution < 1.29 is 4.42 Å². The van der Waals surface area contributed by atoms with E-state index in [0.29, 0.717) is 22.5 Å². The van der Waals surface area contributed by atoms with E-state index >= 15 is 0 Å². The van der Waals surface area contributed by atoms with Gasteiger partial charge in [0.1, 0.15) is 17.1 Å². The van der Waals surface area contributed by atoms with Crippen molar-refractivity contribution in [3.63, 3.8) is 0 Å². The fraction of sp³-hybridized carbons (Fsp3) is 0.176. The van der Waals surface area contributed by atoms with Crippen LogP contribution in [0.3, 0.4) is 0 Å². The van der Waals surface area contributed by atoms with Gasteiger partial charge in [-0.15, -0.1) is 0 Å². The summed E-state index contributed by atoms with van der Waals surface area (Å²) in [6, 6.07) is 11.3. The Bertz CT molecular complexity index is 848. The van der Waals surface area contributed by atoms with E-state index < -0.39 is 0 Å². The van der Waals surface area contributed by atoms with Crippen molar-refractivity contribution in [3.05, 3.63) is 64.1 Å². The van der Waals surface area contributed by atoms with Crippen LogP contribution < -0.4 is 4.90 Å². The predicted octanol–water partition coefficient (Wildman–Crippen LogP) is 4.61. The van der Waals surface area contributed by atoms with Gasteiger partial charge in [-0.2, -0.15) is 0 Å². The summed E-state index contributed by atoms with van der Waals surface area (Å²) >= 11 is 12.4. The molecule has 0 fully saturated rings. The predicted molar refractivity (Wildman–Crippen MR) is 91.0 cm³/mol. The van der Waals surface area contributed by atoms with Crippen LogP contribution in [-0.4, -0.2) is 16.5 Å². The normalized spacial score (nSPS) is 13.9. The SMILES string of the molecule is Clc1cccc(N2CCc3oc(-c4ccccn4)nc3C2)c1Cl. The summed E-state index contributed by atoms with van der Waals surface area (Å²) in [6.07, 6.45) is 2.51. The smallest absolute Gasteiger partial charge is 0.245 e. The highest BCUT2D eigenvalue weighted by atomic mass is 35.5. The standard InChI is InChI=1S/C17H13Cl2N3O/c18-11-4-3-6-14(16(11)19)22-9-7-15-13(10-22)21-17(23-15)12-5-1-2-8-20-12/h1-6,8H,7,9-10H2. The number of aromatic nitrogens is 2. The maximum Gasteiger partial charge on any atom is 0.245 e. The number of benzene rings is 1.